The Morgan fingerprint density at radius 3 is 2.53 bits per heavy atom. The molecular weight excluding hydrogens is 496 g/mol. The Balaban J connectivity index is 0.00000408. The van der Waals surface area contributed by atoms with Gasteiger partial charge in [-0.15, -0.1) is 17.0 Å². The van der Waals surface area contributed by atoms with Crippen molar-refractivity contribution in [3.05, 3.63) is 65.2 Å². The number of anilines is 1. The third kappa shape index (κ3) is 8.47. The molecule has 0 aliphatic carbocycles. The second-order valence-electron chi connectivity index (χ2n) is 8.35. The summed E-state index contributed by atoms with van der Waals surface area (Å²) in [6, 6.07) is 17.3. The van der Waals surface area contributed by atoms with E-state index in [1.807, 2.05) is 42.5 Å². The molecule has 1 fully saturated rings. The number of rotatable bonds is 9. The van der Waals surface area contributed by atoms with Crippen molar-refractivity contribution in [1.29, 1.82) is 5.26 Å². The lowest BCUT2D eigenvalue weighted by molar-refractivity contribution is -0.142. The molecule has 0 spiro atoms. The molecule has 2 N–H and O–H groups in total. The molecule has 0 saturated carbocycles. The average molecular weight is 529 g/mol. The maximum absolute atomic E-state index is 12.4. The minimum Gasteiger partial charge on any atom is -0.469 e. The number of nitrogens with zero attached hydrogens (tertiary/aromatic N) is 2. The zero-order valence-electron chi connectivity index (χ0n) is 19.6. The van der Waals surface area contributed by atoms with Crippen LogP contribution in [0.3, 0.4) is 0 Å². The van der Waals surface area contributed by atoms with E-state index in [1.165, 1.54) is 13.5 Å². The highest BCUT2D eigenvalue weighted by atomic mass is 79.9. The maximum Gasteiger partial charge on any atom is 0.319 e. The lowest BCUT2D eigenvalue weighted by Crippen LogP contribution is -2.43. The van der Waals surface area contributed by atoms with Crippen molar-refractivity contribution in [3.8, 4) is 6.07 Å². The molecule has 1 aliphatic heterocycles. The molecule has 2 aromatic carbocycles. The summed E-state index contributed by atoms with van der Waals surface area (Å²) in [5.74, 6) is -0.227. The number of nitrogens with one attached hydrogen (secondary N) is 2. The first-order chi connectivity index (χ1) is 16.1. The molecule has 1 saturated heterocycles. The molecule has 0 radical (unpaired) electrons. The van der Waals surface area contributed by atoms with Crippen molar-refractivity contribution < 1.29 is 14.3 Å². The third-order valence-corrected chi connectivity index (χ3v) is 6.03. The zero-order chi connectivity index (χ0) is 23.5. The molecule has 3 rings (SSSR count). The summed E-state index contributed by atoms with van der Waals surface area (Å²) in [7, 11) is 1.40. The monoisotopic (exact) mass is 528 g/mol. The van der Waals surface area contributed by atoms with Crippen molar-refractivity contribution in [1.82, 2.24) is 10.2 Å². The molecule has 7 nitrogen and oxygen atoms in total. The second kappa shape index (κ2) is 14.4. The molecule has 1 unspecified atom stereocenters. The number of piperidine rings is 1. The number of nitriles is 1. The van der Waals surface area contributed by atoms with Crippen molar-refractivity contribution in [3.63, 3.8) is 0 Å². The number of ether oxygens (including phenoxy) is 1. The van der Waals surface area contributed by atoms with E-state index in [2.05, 4.69) is 21.6 Å². The van der Waals surface area contributed by atoms with Crippen LogP contribution in [-0.2, 0) is 16.0 Å². The van der Waals surface area contributed by atoms with Crippen molar-refractivity contribution >= 4 is 34.7 Å². The summed E-state index contributed by atoms with van der Waals surface area (Å²) in [5, 5.41) is 15.2. The second-order valence-corrected chi connectivity index (χ2v) is 8.35. The highest BCUT2D eigenvalue weighted by Crippen LogP contribution is 2.19. The summed E-state index contributed by atoms with van der Waals surface area (Å²) in [6.07, 6.45) is 5.14. The number of esters is 1. The zero-order valence-corrected chi connectivity index (χ0v) is 21.3. The molecule has 1 heterocycles. The van der Waals surface area contributed by atoms with Crippen LogP contribution in [0, 0.1) is 11.3 Å². The smallest absolute Gasteiger partial charge is 0.319 e. The highest BCUT2D eigenvalue weighted by Gasteiger charge is 2.23. The number of benzene rings is 2. The number of halogens is 1. The van der Waals surface area contributed by atoms with Gasteiger partial charge in [0.05, 0.1) is 25.2 Å². The first kappa shape index (κ1) is 27.4. The quantitative estimate of drug-likeness (QED) is 0.461. The average Bonchev–Trinajstić information content (AvgIpc) is 2.85. The Morgan fingerprint density at radius 2 is 1.85 bits per heavy atom. The van der Waals surface area contributed by atoms with Crippen LogP contribution in [-0.4, -0.2) is 49.7 Å². The molecule has 8 heteroatoms. The fourth-order valence-corrected chi connectivity index (χ4v) is 4.23. The van der Waals surface area contributed by atoms with Crippen LogP contribution < -0.4 is 10.6 Å². The molecule has 0 aromatic heterocycles. The van der Waals surface area contributed by atoms with Gasteiger partial charge in [0.2, 0.25) is 0 Å². The van der Waals surface area contributed by atoms with Crippen LogP contribution in [0.1, 0.15) is 48.8 Å². The predicted molar refractivity (Wildman–Crippen MR) is 138 cm³/mol. The summed E-state index contributed by atoms with van der Waals surface area (Å²) < 4.78 is 4.86. The molecule has 2 aromatic rings. The highest BCUT2D eigenvalue weighted by molar-refractivity contribution is 8.93. The number of carbonyl (C=O) groups is 2. The number of urea groups is 1. The number of hydrogen-bond donors (Lipinski definition) is 2. The third-order valence-electron chi connectivity index (χ3n) is 6.03. The topological polar surface area (TPSA) is 94.5 Å². The van der Waals surface area contributed by atoms with E-state index in [9.17, 15) is 14.9 Å². The van der Waals surface area contributed by atoms with Crippen LogP contribution in [0.5, 0.6) is 0 Å². The number of methoxy groups -OCH3 is 1. The van der Waals surface area contributed by atoms with E-state index in [1.54, 1.807) is 6.07 Å². The molecule has 182 valence electrons. The van der Waals surface area contributed by atoms with Gasteiger partial charge in [-0.1, -0.05) is 42.8 Å². The van der Waals surface area contributed by atoms with Gasteiger partial charge in [0.25, 0.3) is 0 Å². The van der Waals surface area contributed by atoms with Crippen LogP contribution in [0.2, 0.25) is 0 Å². The number of amides is 2. The largest absolute Gasteiger partial charge is 0.469 e. The van der Waals surface area contributed by atoms with Gasteiger partial charge in [-0.25, -0.2) is 4.79 Å². The lowest BCUT2D eigenvalue weighted by Gasteiger charge is -2.34. The van der Waals surface area contributed by atoms with Gasteiger partial charge in [0, 0.05) is 18.3 Å². The minimum absolute atomic E-state index is 0. The van der Waals surface area contributed by atoms with Crippen molar-refractivity contribution in [2.24, 2.45) is 0 Å². The first-order valence-electron chi connectivity index (χ1n) is 11.5. The minimum atomic E-state index is -0.329. The SMILES string of the molecule is Br.COC(=O)CC(CCNC(=O)Nc1ccc(Cc2ccccc2)c(C#N)c1)N1CCCCC1. The van der Waals surface area contributed by atoms with Gasteiger partial charge in [-0.2, -0.15) is 5.26 Å². The molecule has 0 bridgehead atoms. The first-order valence-corrected chi connectivity index (χ1v) is 11.5. The van der Waals surface area contributed by atoms with E-state index in [4.69, 9.17) is 4.74 Å². The standard InChI is InChI=1S/C26H32N4O3.BrH/c1-33-25(31)18-24(30-14-6-3-7-15-30)12-13-28-26(32)29-23-11-10-21(22(17-23)19-27)16-20-8-4-2-5-9-20;/h2,4-5,8-11,17,24H,3,6-7,12-16,18H2,1H3,(H2,28,29,32);1H. The Bertz CT molecular complexity index is 972. The normalized spacial score (nSPS) is 14.2. The molecule has 1 atom stereocenters. The fraction of sp³-hybridized carbons (Fsp3) is 0.423. The lowest BCUT2D eigenvalue weighted by atomic mass is 10.00. The van der Waals surface area contributed by atoms with E-state index in [-0.39, 0.29) is 35.0 Å². The number of carbonyl (C=O) groups excluding carboxylic acids is 2. The number of hydrogen-bond acceptors (Lipinski definition) is 5. The molecular formula is C26H33BrN4O3. The van der Waals surface area contributed by atoms with Gasteiger partial charge in [0.15, 0.2) is 0 Å². The van der Waals surface area contributed by atoms with Gasteiger partial charge in [-0.05, 0) is 62.0 Å². The van der Waals surface area contributed by atoms with Crippen molar-refractivity contribution in [2.75, 3.05) is 32.1 Å². The Morgan fingerprint density at radius 1 is 1.12 bits per heavy atom. The summed E-state index contributed by atoms with van der Waals surface area (Å²) in [6.45, 7) is 2.39. The summed E-state index contributed by atoms with van der Waals surface area (Å²) >= 11 is 0. The van der Waals surface area contributed by atoms with E-state index >= 15 is 0 Å². The maximum atomic E-state index is 12.4. The van der Waals surface area contributed by atoms with Crippen molar-refractivity contribution in [2.45, 2.75) is 44.6 Å². The fourth-order valence-electron chi connectivity index (χ4n) is 4.23. The molecule has 34 heavy (non-hydrogen) atoms. The molecule has 1 aliphatic rings. The summed E-state index contributed by atoms with van der Waals surface area (Å²) in [4.78, 5) is 26.6. The van der Waals surface area contributed by atoms with Crippen LogP contribution in [0.15, 0.2) is 48.5 Å². The van der Waals surface area contributed by atoms with Gasteiger partial charge in [0.1, 0.15) is 0 Å². The van der Waals surface area contributed by atoms with E-state index < -0.39 is 0 Å². The number of likely N-dealkylation sites (tertiary alicyclic amines) is 1. The Labute approximate surface area is 212 Å². The summed E-state index contributed by atoms with van der Waals surface area (Å²) in [5.41, 5.74) is 3.16. The Kier molecular flexibility index (Phi) is 11.6. The van der Waals surface area contributed by atoms with Gasteiger partial charge in [-0.3, -0.25) is 9.69 Å². The predicted octanol–water partition coefficient (Wildman–Crippen LogP) is 4.66. The van der Waals surface area contributed by atoms with Crippen LogP contribution in [0.4, 0.5) is 10.5 Å². The van der Waals surface area contributed by atoms with Crippen LogP contribution >= 0.6 is 17.0 Å². The van der Waals surface area contributed by atoms with E-state index in [0.717, 1.165) is 37.1 Å². The van der Waals surface area contributed by atoms with E-state index in [0.29, 0.717) is 37.1 Å². The van der Waals surface area contributed by atoms with Crippen LogP contribution in [0.25, 0.3) is 0 Å². The Hall–Kier alpha value is -2.89. The van der Waals surface area contributed by atoms with Gasteiger partial charge >= 0.3 is 12.0 Å². The molecule has 2 amide bonds. The van der Waals surface area contributed by atoms with Gasteiger partial charge < -0.3 is 15.4 Å².